The Balaban J connectivity index is 0.00000225. The van der Waals surface area contributed by atoms with Crippen molar-refractivity contribution in [1.82, 2.24) is 4.90 Å². The molecule has 5 heteroatoms. The van der Waals surface area contributed by atoms with Crippen molar-refractivity contribution < 1.29 is 9.53 Å². The fourth-order valence-electron chi connectivity index (χ4n) is 3.23. The summed E-state index contributed by atoms with van der Waals surface area (Å²) >= 11 is 0. The average Bonchev–Trinajstić information content (AvgIpc) is 3.03. The van der Waals surface area contributed by atoms with Crippen molar-refractivity contribution in [2.24, 2.45) is 5.73 Å². The van der Waals surface area contributed by atoms with Crippen LogP contribution >= 0.6 is 12.4 Å². The summed E-state index contributed by atoms with van der Waals surface area (Å²) in [5.41, 5.74) is 8.67. The Bertz CT molecular complexity index is 681. The van der Waals surface area contributed by atoms with Crippen LogP contribution < -0.4 is 5.73 Å². The highest BCUT2D eigenvalue weighted by atomic mass is 35.5. The lowest BCUT2D eigenvalue weighted by atomic mass is 9.90. The van der Waals surface area contributed by atoms with Gasteiger partial charge in [0.05, 0.1) is 18.6 Å². The first-order valence-electron chi connectivity index (χ1n) is 8.40. The molecule has 4 nitrogen and oxygen atoms in total. The summed E-state index contributed by atoms with van der Waals surface area (Å²) < 4.78 is 5.58. The Morgan fingerprint density at radius 3 is 2.08 bits per heavy atom. The molecule has 0 bridgehead atoms. The van der Waals surface area contributed by atoms with Gasteiger partial charge in [-0.3, -0.25) is 4.90 Å². The number of rotatable bonds is 5. The van der Waals surface area contributed by atoms with Crippen molar-refractivity contribution in [2.45, 2.75) is 38.0 Å². The summed E-state index contributed by atoms with van der Waals surface area (Å²) in [7, 11) is 0. The summed E-state index contributed by atoms with van der Waals surface area (Å²) in [6, 6.07) is 19.8. The van der Waals surface area contributed by atoms with Crippen LogP contribution in [0.5, 0.6) is 0 Å². The van der Waals surface area contributed by atoms with E-state index in [0.29, 0.717) is 6.54 Å². The van der Waals surface area contributed by atoms with E-state index in [9.17, 15) is 4.79 Å². The largest absolute Gasteiger partial charge is 0.443 e. The van der Waals surface area contributed by atoms with Gasteiger partial charge < -0.3 is 10.5 Å². The van der Waals surface area contributed by atoms with Crippen LogP contribution in [-0.2, 0) is 4.74 Å². The van der Waals surface area contributed by atoms with Crippen LogP contribution in [0.4, 0.5) is 4.79 Å². The summed E-state index contributed by atoms with van der Waals surface area (Å²) in [6.45, 7) is 4.62. The lowest BCUT2D eigenvalue weighted by molar-refractivity contribution is 0.115. The molecule has 1 aliphatic heterocycles. The Hall–Kier alpha value is -2.04. The molecule has 25 heavy (non-hydrogen) atoms. The molecule has 4 atom stereocenters. The van der Waals surface area contributed by atoms with Gasteiger partial charge >= 0.3 is 6.09 Å². The molecule has 0 aliphatic carbocycles. The van der Waals surface area contributed by atoms with Gasteiger partial charge in [0.2, 0.25) is 0 Å². The van der Waals surface area contributed by atoms with E-state index in [1.807, 2.05) is 55.5 Å². The molecular formula is C20H25ClN2O2. The molecule has 3 rings (SSSR count). The molecule has 0 saturated carbocycles. The van der Waals surface area contributed by atoms with Crippen LogP contribution in [-0.4, -0.2) is 29.7 Å². The van der Waals surface area contributed by atoms with Crippen molar-refractivity contribution in [3.63, 3.8) is 0 Å². The van der Waals surface area contributed by atoms with Crippen molar-refractivity contribution in [3.8, 4) is 0 Å². The van der Waals surface area contributed by atoms with Gasteiger partial charge in [-0.2, -0.15) is 0 Å². The van der Waals surface area contributed by atoms with Gasteiger partial charge in [-0.15, -0.1) is 12.4 Å². The molecule has 2 aromatic carbocycles. The van der Waals surface area contributed by atoms with Crippen LogP contribution in [0.3, 0.4) is 0 Å². The minimum atomic E-state index is -0.293. The molecule has 1 heterocycles. The molecule has 4 unspecified atom stereocenters. The van der Waals surface area contributed by atoms with Gasteiger partial charge in [-0.25, -0.2) is 4.79 Å². The zero-order valence-electron chi connectivity index (χ0n) is 14.5. The Morgan fingerprint density at radius 1 is 1.00 bits per heavy atom. The number of nitrogens with two attached hydrogens (primary N) is 1. The molecule has 2 aromatic rings. The summed E-state index contributed by atoms with van der Waals surface area (Å²) in [6.07, 6.45) is -0.578. The highest BCUT2D eigenvalue weighted by Crippen LogP contribution is 2.29. The quantitative estimate of drug-likeness (QED) is 0.872. The monoisotopic (exact) mass is 360 g/mol. The predicted octanol–water partition coefficient (Wildman–Crippen LogP) is 4.12. The molecule has 0 aromatic heterocycles. The second-order valence-corrected chi connectivity index (χ2v) is 6.44. The summed E-state index contributed by atoms with van der Waals surface area (Å²) in [4.78, 5) is 14.1. The van der Waals surface area contributed by atoms with E-state index < -0.39 is 0 Å². The number of nitrogens with zero attached hydrogens (tertiary/aromatic N) is 1. The first kappa shape index (κ1) is 19.3. The van der Waals surface area contributed by atoms with Crippen molar-refractivity contribution in [2.75, 3.05) is 6.54 Å². The Labute approximate surface area is 155 Å². The normalized spacial score (nSPS) is 20.4. The van der Waals surface area contributed by atoms with E-state index >= 15 is 0 Å². The fraction of sp³-hybridized carbons (Fsp3) is 0.350. The van der Waals surface area contributed by atoms with E-state index in [1.165, 1.54) is 0 Å². The van der Waals surface area contributed by atoms with E-state index in [2.05, 4.69) is 19.1 Å². The Morgan fingerprint density at radius 2 is 1.52 bits per heavy atom. The van der Waals surface area contributed by atoms with Crippen molar-refractivity contribution >= 4 is 18.5 Å². The van der Waals surface area contributed by atoms with Gasteiger partial charge in [0.25, 0.3) is 0 Å². The zero-order chi connectivity index (χ0) is 17.1. The van der Waals surface area contributed by atoms with Crippen LogP contribution in [0.2, 0.25) is 0 Å². The first-order chi connectivity index (χ1) is 11.6. The molecule has 1 saturated heterocycles. The zero-order valence-corrected chi connectivity index (χ0v) is 15.4. The highest BCUT2D eigenvalue weighted by Gasteiger charge is 2.39. The van der Waals surface area contributed by atoms with E-state index in [0.717, 1.165) is 11.1 Å². The third-order valence-electron chi connectivity index (χ3n) is 4.94. The number of benzene rings is 2. The van der Waals surface area contributed by atoms with Gasteiger partial charge in [0, 0.05) is 0 Å². The molecule has 1 fully saturated rings. The van der Waals surface area contributed by atoms with Crippen LogP contribution in [0.25, 0.3) is 0 Å². The second-order valence-electron chi connectivity index (χ2n) is 6.44. The summed E-state index contributed by atoms with van der Waals surface area (Å²) in [5, 5.41) is 0. The predicted molar refractivity (Wildman–Crippen MR) is 102 cm³/mol. The number of hydrogen-bond acceptors (Lipinski definition) is 3. The lowest BCUT2D eigenvalue weighted by Gasteiger charge is -2.25. The number of carbonyl (C=O) groups excluding carboxylic acids is 1. The lowest BCUT2D eigenvalue weighted by Crippen LogP contribution is -2.41. The third kappa shape index (κ3) is 4.14. The van der Waals surface area contributed by atoms with Crippen LogP contribution in [0.15, 0.2) is 60.7 Å². The summed E-state index contributed by atoms with van der Waals surface area (Å²) in [5.74, 6) is 0.121. The third-order valence-corrected chi connectivity index (χ3v) is 4.94. The number of ether oxygens (including phenoxy) is 1. The average molecular weight is 361 g/mol. The molecule has 0 radical (unpaired) electrons. The minimum Gasteiger partial charge on any atom is -0.443 e. The number of amides is 1. The first-order valence-corrected chi connectivity index (χ1v) is 8.40. The van der Waals surface area contributed by atoms with Crippen molar-refractivity contribution in [1.29, 1.82) is 0 Å². The molecule has 134 valence electrons. The molecule has 2 N–H and O–H groups in total. The number of halogens is 1. The Kier molecular flexibility index (Phi) is 6.45. The molecule has 0 spiro atoms. The van der Waals surface area contributed by atoms with Crippen LogP contribution in [0, 0.1) is 0 Å². The smallest absolute Gasteiger partial charge is 0.410 e. The topological polar surface area (TPSA) is 55.6 Å². The van der Waals surface area contributed by atoms with Gasteiger partial charge in [-0.05, 0) is 24.0 Å². The highest BCUT2D eigenvalue weighted by molar-refractivity contribution is 5.85. The number of cyclic esters (lactones) is 1. The van der Waals surface area contributed by atoms with E-state index in [-0.39, 0.29) is 42.6 Å². The number of hydrogen-bond donors (Lipinski definition) is 1. The molecule has 1 aliphatic rings. The maximum atomic E-state index is 12.3. The maximum Gasteiger partial charge on any atom is 0.410 e. The second kappa shape index (κ2) is 8.37. The number of carbonyl (C=O) groups is 1. The van der Waals surface area contributed by atoms with Crippen LogP contribution in [0.1, 0.15) is 36.9 Å². The van der Waals surface area contributed by atoms with Gasteiger partial charge in [0.15, 0.2) is 0 Å². The van der Waals surface area contributed by atoms with E-state index in [1.54, 1.807) is 4.90 Å². The van der Waals surface area contributed by atoms with Gasteiger partial charge in [-0.1, -0.05) is 67.6 Å². The standard InChI is InChI=1S/C20H24N2O2.ClH/c1-14(16-9-5-3-6-10-16)19(21)18-13-22(20(23)24-18)15(2)17-11-7-4-8-12-17;/h3-12,14-15,18-19H,13,21H2,1-2H3;1H. The maximum absolute atomic E-state index is 12.3. The van der Waals surface area contributed by atoms with Gasteiger partial charge in [0.1, 0.15) is 6.10 Å². The SMILES string of the molecule is CC(c1ccccc1)C(N)C1CN(C(C)c2ccccc2)C(=O)O1.Cl. The molecule has 1 amide bonds. The van der Waals surface area contributed by atoms with E-state index in [4.69, 9.17) is 10.5 Å². The molecular weight excluding hydrogens is 336 g/mol. The fourth-order valence-corrected chi connectivity index (χ4v) is 3.23. The minimum absolute atomic E-state index is 0. The van der Waals surface area contributed by atoms with Crippen molar-refractivity contribution in [3.05, 3.63) is 71.8 Å².